The summed E-state index contributed by atoms with van der Waals surface area (Å²) < 4.78 is 56.5. The lowest BCUT2D eigenvalue weighted by Gasteiger charge is -2.31. The highest BCUT2D eigenvalue weighted by atomic mass is 19.1. The van der Waals surface area contributed by atoms with Crippen molar-refractivity contribution >= 4 is 17.5 Å². The minimum atomic E-state index is -1.11. The fourth-order valence-corrected chi connectivity index (χ4v) is 6.30. The topological polar surface area (TPSA) is 110 Å². The number of carbonyl (C=O) groups excluding carboxylic acids is 1. The van der Waals surface area contributed by atoms with Gasteiger partial charge in [0, 0.05) is 38.3 Å². The lowest BCUT2D eigenvalue weighted by atomic mass is 10.0. The lowest BCUT2D eigenvalue weighted by molar-refractivity contribution is -0.148. The Labute approximate surface area is 289 Å². The Hall–Kier alpha value is -5.70. The average molecular weight is 682 g/mol. The first-order chi connectivity index (χ1) is 24.3. The van der Waals surface area contributed by atoms with E-state index < -0.39 is 47.0 Å². The molecule has 1 aliphatic carbocycles. The number of benzene rings is 3. The Morgan fingerprint density at radius 2 is 1.78 bits per heavy atom. The monoisotopic (exact) mass is 681 g/mol. The first-order valence-electron chi connectivity index (χ1n) is 16.5. The Kier molecular flexibility index (Phi) is 10.4. The largest absolute Gasteiger partial charge is 0.485 e. The Balaban J connectivity index is 1.41. The van der Waals surface area contributed by atoms with E-state index in [1.165, 1.54) is 18.0 Å². The highest BCUT2D eigenvalue weighted by Crippen LogP contribution is 2.43. The van der Waals surface area contributed by atoms with Crippen molar-refractivity contribution in [2.75, 3.05) is 38.7 Å². The van der Waals surface area contributed by atoms with Crippen molar-refractivity contribution in [2.45, 2.75) is 38.8 Å². The number of hydrogen-bond donors (Lipinski definition) is 0. The summed E-state index contributed by atoms with van der Waals surface area (Å²) in [5.74, 6) is -3.14. The number of amidine groups is 1. The minimum absolute atomic E-state index is 0.00733. The van der Waals surface area contributed by atoms with Crippen LogP contribution >= 0.6 is 0 Å². The molecular formula is C38H37F2N5O5. The predicted molar refractivity (Wildman–Crippen MR) is 183 cm³/mol. The van der Waals surface area contributed by atoms with E-state index in [1.807, 2.05) is 54.4 Å². The third-order valence-electron chi connectivity index (χ3n) is 8.80. The number of carbonyl (C=O) groups is 1. The van der Waals surface area contributed by atoms with Gasteiger partial charge < -0.3 is 28.7 Å². The van der Waals surface area contributed by atoms with E-state index in [0.717, 1.165) is 23.5 Å². The molecule has 0 radical (unpaired) electrons. The summed E-state index contributed by atoms with van der Waals surface area (Å²) >= 11 is 0. The lowest BCUT2D eigenvalue weighted by Crippen LogP contribution is -2.40. The van der Waals surface area contributed by atoms with Crippen molar-refractivity contribution in [1.29, 1.82) is 5.26 Å². The Morgan fingerprint density at radius 1 is 1.00 bits per heavy atom. The maximum atomic E-state index is 16.6. The van der Waals surface area contributed by atoms with Gasteiger partial charge in [-0.15, -0.1) is 0 Å². The number of anilines is 1. The number of likely N-dealkylation sites (N-methyl/N-ethyl adjacent to an activating group) is 1. The van der Waals surface area contributed by atoms with Gasteiger partial charge in [-0.3, -0.25) is 9.79 Å². The molecular weight excluding hydrogens is 644 g/mol. The molecule has 50 heavy (non-hydrogen) atoms. The zero-order valence-electron chi connectivity index (χ0n) is 28.1. The van der Waals surface area contributed by atoms with Crippen LogP contribution in [0, 0.1) is 28.9 Å². The number of halogens is 2. The van der Waals surface area contributed by atoms with Gasteiger partial charge in [-0.2, -0.15) is 19.0 Å². The standard InChI is InChI=1S/C38H37F2N5O5/c1-4-47-38(46)28-14-9-15-29(28)45(3)34-32(39)36(49-27-13-8-12-26(21-27)35-42-18-19-44(35)2)43-37(33(34)40)50-31-20-25(22-41)16-17-30(31)48-23-24-10-6-5-7-11-24/h5-8,10-13,16-17,20-21,28-29H,4,9,14-15,18-19,23H2,1-3H3. The van der Waals surface area contributed by atoms with E-state index in [2.05, 4.69) is 9.98 Å². The third-order valence-corrected chi connectivity index (χ3v) is 8.80. The van der Waals surface area contributed by atoms with Gasteiger partial charge in [0.1, 0.15) is 23.9 Å². The molecule has 10 nitrogen and oxygen atoms in total. The number of ether oxygens (including phenoxy) is 4. The number of nitrogens with zero attached hydrogens (tertiary/aromatic N) is 5. The first-order valence-corrected chi connectivity index (χ1v) is 16.5. The summed E-state index contributed by atoms with van der Waals surface area (Å²) in [4.78, 5) is 25.0. The third kappa shape index (κ3) is 7.32. The normalized spacial score (nSPS) is 16.8. The van der Waals surface area contributed by atoms with Gasteiger partial charge in [0.15, 0.2) is 11.5 Å². The molecule has 1 aliphatic heterocycles. The summed E-state index contributed by atoms with van der Waals surface area (Å²) in [6.45, 7) is 3.49. The number of pyridine rings is 1. The van der Waals surface area contributed by atoms with Crippen molar-refractivity contribution < 1.29 is 32.5 Å². The Bertz CT molecular complexity index is 1930. The van der Waals surface area contributed by atoms with Crippen LogP contribution in [0.5, 0.6) is 29.0 Å². The van der Waals surface area contributed by atoms with E-state index in [0.29, 0.717) is 25.8 Å². The van der Waals surface area contributed by atoms with E-state index in [4.69, 9.17) is 18.9 Å². The van der Waals surface area contributed by atoms with Crippen LogP contribution in [-0.4, -0.2) is 61.5 Å². The molecule has 2 heterocycles. The van der Waals surface area contributed by atoms with E-state index >= 15 is 8.78 Å². The van der Waals surface area contributed by atoms with Crippen LogP contribution in [-0.2, 0) is 16.1 Å². The van der Waals surface area contributed by atoms with Crippen molar-refractivity contribution in [3.05, 3.63) is 101 Å². The maximum Gasteiger partial charge on any atom is 0.311 e. The quantitative estimate of drug-likeness (QED) is 0.143. The summed E-state index contributed by atoms with van der Waals surface area (Å²) in [6.07, 6.45) is 1.70. The second-order valence-electron chi connectivity index (χ2n) is 12.1. The molecule has 0 spiro atoms. The smallest absolute Gasteiger partial charge is 0.311 e. The van der Waals surface area contributed by atoms with Crippen LogP contribution in [0.4, 0.5) is 14.5 Å². The second kappa shape index (κ2) is 15.2. The number of nitriles is 1. The summed E-state index contributed by atoms with van der Waals surface area (Å²) in [5, 5.41) is 9.63. The molecule has 1 saturated carbocycles. The van der Waals surface area contributed by atoms with Crippen LogP contribution in [0.2, 0.25) is 0 Å². The molecule has 258 valence electrons. The summed E-state index contributed by atoms with van der Waals surface area (Å²) in [5.41, 5.74) is 1.38. The second-order valence-corrected chi connectivity index (χ2v) is 12.1. The molecule has 6 rings (SSSR count). The number of aromatic nitrogens is 1. The van der Waals surface area contributed by atoms with Crippen molar-refractivity contribution in [3.8, 4) is 35.1 Å². The molecule has 1 fully saturated rings. The number of rotatable bonds is 12. The van der Waals surface area contributed by atoms with Crippen LogP contribution in [0.3, 0.4) is 0 Å². The van der Waals surface area contributed by atoms with E-state index in [-0.39, 0.29) is 36.0 Å². The molecule has 1 aromatic heterocycles. The maximum absolute atomic E-state index is 16.6. The summed E-state index contributed by atoms with van der Waals surface area (Å²) in [7, 11) is 3.45. The average Bonchev–Trinajstić information content (AvgIpc) is 3.80. The predicted octanol–water partition coefficient (Wildman–Crippen LogP) is 7.26. The van der Waals surface area contributed by atoms with Crippen LogP contribution in [0.15, 0.2) is 77.8 Å². The molecule has 0 bridgehead atoms. The fourth-order valence-electron chi connectivity index (χ4n) is 6.30. The van der Waals surface area contributed by atoms with Gasteiger partial charge in [-0.25, -0.2) is 0 Å². The van der Waals surface area contributed by atoms with Crippen molar-refractivity contribution in [2.24, 2.45) is 10.9 Å². The molecule has 2 atom stereocenters. The highest BCUT2D eigenvalue weighted by molar-refractivity contribution is 5.99. The van der Waals surface area contributed by atoms with Crippen LogP contribution in [0.25, 0.3) is 0 Å². The molecule has 3 aromatic carbocycles. The van der Waals surface area contributed by atoms with Gasteiger partial charge in [0.25, 0.3) is 11.8 Å². The van der Waals surface area contributed by atoms with E-state index in [1.54, 1.807) is 37.3 Å². The molecule has 2 aliphatic rings. The highest BCUT2D eigenvalue weighted by Gasteiger charge is 2.40. The molecule has 2 unspecified atom stereocenters. The molecule has 4 aromatic rings. The Morgan fingerprint density at radius 3 is 2.50 bits per heavy atom. The van der Waals surface area contributed by atoms with Crippen molar-refractivity contribution in [1.82, 2.24) is 9.88 Å². The zero-order valence-corrected chi connectivity index (χ0v) is 28.1. The van der Waals surface area contributed by atoms with Gasteiger partial charge in [0.05, 0.1) is 30.7 Å². The van der Waals surface area contributed by atoms with Gasteiger partial charge in [-0.1, -0.05) is 48.9 Å². The van der Waals surface area contributed by atoms with Crippen LogP contribution in [0.1, 0.15) is 42.9 Å². The first kappa shape index (κ1) is 34.2. The zero-order chi connectivity index (χ0) is 35.2. The fraction of sp³-hybridized carbons (Fsp3) is 0.316. The molecule has 0 N–H and O–H groups in total. The van der Waals surface area contributed by atoms with Gasteiger partial charge in [0.2, 0.25) is 11.6 Å². The van der Waals surface area contributed by atoms with Gasteiger partial charge >= 0.3 is 5.97 Å². The molecule has 0 amide bonds. The molecule has 0 saturated heterocycles. The van der Waals surface area contributed by atoms with Crippen molar-refractivity contribution in [3.63, 3.8) is 0 Å². The summed E-state index contributed by atoms with van der Waals surface area (Å²) in [6, 6.07) is 22.3. The minimum Gasteiger partial charge on any atom is -0.485 e. The van der Waals surface area contributed by atoms with Crippen LogP contribution < -0.4 is 19.1 Å². The number of esters is 1. The van der Waals surface area contributed by atoms with Gasteiger partial charge in [-0.05, 0) is 49.6 Å². The SMILES string of the molecule is CCOC(=O)C1CCCC1N(C)c1c(F)c(Oc2cccc(C3=NCCN3C)c2)nc(Oc2cc(C#N)ccc2OCc2ccccc2)c1F. The number of hydrogen-bond acceptors (Lipinski definition) is 10. The molecule has 12 heteroatoms. The van der Waals surface area contributed by atoms with E-state index in [9.17, 15) is 10.1 Å². The number of aliphatic imine (C=N–C) groups is 1.